The van der Waals surface area contributed by atoms with Gasteiger partial charge in [0.25, 0.3) is 0 Å². The molecule has 4 aliphatic rings. The molecule has 1 N–H and O–H groups in total. The second-order valence-corrected chi connectivity index (χ2v) is 6.23. The van der Waals surface area contributed by atoms with Crippen LogP contribution < -0.4 is 5.32 Å². The quantitative estimate of drug-likeness (QED) is 0.784. The summed E-state index contributed by atoms with van der Waals surface area (Å²) in [6, 6.07) is 0. The van der Waals surface area contributed by atoms with Gasteiger partial charge in [0.2, 0.25) is 0 Å². The second-order valence-electron chi connectivity index (χ2n) is 6.23. The number of allylic oxidation sites excluding steroid dienone is 2. The summed E-state index contributed by atoms with van der Waals surface area (Å²) in [5, 5.41) is 3.48. The average Bonchev–Trinajstić information content (AvgIpc) is 2.91. The third-order valence-electron chi connectivity index (χ3n) is 5.07. The van der Waals surface area contributed by atoms with E-state index >= 15 is 0 Å². The van der Waals surface area contributed by atoms with Crippen LogP contribution in [-0.2, 0) is 4.74 Å². The first-order valence-electron chi connectivity index (χ1n) is 7.73. The zero-order chi connectivity index (χ0) is 12.7. The molecule has 0 aromatic carbocycles. The maximum Gasteiger partial charge on any atom is 0.109 e. The lowest BCUT2D eigenvalue weighted by atomic mass is 9.78. The maximum atomic E-state index is 5.71. The van der Waals surface area contributed by atoms with E-state index in [0.29, 0.717) is 5.92 Å². The first kappa shape index (κ1) is 11.6. The third kappa shape index (κ3) is 1.99. The van der Waals surface area contributed by atoms with Crippen LogP contribution in [-0.4, -0.2) is 25.5 Å². The lowest BCUT2D eigenvalue weighted by Gasteiger charge is -2.31. The Hall–Kier alpha value is -1.25. The van der Waals surface area contributed by atoms with Crippen molar-refractivity contribution in [3.05, 3.63) is 23.0 Å². The normalized spacial score (nSPS) is 33.7. The van der Waals surface area contributed by atoms with Crippen LogP contribution in [0.15, 0.2) is 28.0 Å². The molecule has 0 aromatic heterocycles. The van der Waals surface area contributed by atoms with E-state index < -0.39 is 0 Å². The van der Waals surface area contributed by atoms with Gasteiger partial charge >= 0.3 is 0 Å². The number of ether oxygens (including phenoxy) is 1. The third-order valence-corrected chi connectivity index (χ3v) is 5.07. The second kappa shape index (κ2) is 4.69. The van der Waals surface area contributed by atoms with Crippen molar-refractivity contribution in [1.29, 1.82) is 0 Å². The van der Waals surface area contributed by atoms with Crippen LogP contribution in [0.2, 0.25) is 0 Å². The number of amidine groups is 1. The molecule has 0 bridgehead atoms. The molecule has 2 aliphatic carbocycles. The summed E-state index contributed by atoms with van der Waals surface area (Å²) in [6.45, 7) is 2.83. The van der Waals surface area contributed by atoms with Crippen molar-refractivity contribution in [3.63, 3.8) is 0 Å². The lowest BCUT2D eigenvalue weighted by Crippen LogP contribution is -2.27. The SMILES string of the molecule is C1=C2CC(C3=NCCN3)CCC3CCCC(=C23)CO1. The molecular weight excluding hydrogens is 236 g/mol. The van der Waals surface area contributed by atoms with Gasteiger partial charge in [0.15, 0.2) is 0 Å². The first-order chi connectivity index (χ1) is 9.42. The molecule has 1 saturated carbocycles. The van der Waals surface area contributed by atoms with Crippen molar-refractivity contribution in [1.82, 2.24) is 5.32 Å². The lowest BCUT2D eigenvalue weighted by molar-refractivity contribution is 0.255. The standard InChI is InChI=1S/C16H22N2O/c1-2-11-4-5-12(16-17-6-7-18-16)8-14-10-19-9-13(3-1)15(11)14/h10-12H,1-9H2,(H,17,18). The summed E-state index contributed by atoms with van der Waals surface area (Å²) >= 11 is 0. The van der Waals surface area contributed by atoms with E-state index in [1.54, 1.807) is 11.1 Å². The molecule has 0 radical (unpaired) electrons. The van der Waals surface area contributed by atoms with Gasteiger partial charge in [0, 0.05) is 12.5 Å². The Morgan fingerprint density at radius 2 is 2.16 bits per heavy atom. The predicted molar refractivity (Wildman–Crippen MR) is 76.0 cm³/mol. The zero-order valence-corrected chi connectivity index (χ0v) is 11.5. The zero-order valence-electron chi connectivity index (χ0n) is 11.5. The first-order valence-corrected chi connectivity index (χ1v) is 7.73. The minimum atomic E-state index is 0.592. The van der Waals surface area contributed by atoms with Crippen molar-refractivity contribution < 1.29 is 4.74 Å². The number of hydrogen-bond donors (Lipinski definition) is 1. The van der Waals surface area contributed by atoms with E-state index in [1.807, 2.05) is 6.26 Å². The highest BCUT2D eigenvalue weighted by Crippen LogP contribution is 2.45. The number of hydrogen-bond acceptors (Lipinski definition) is 3. The Morgan fingerprint density at radius 1 is 1.21 bits per heavy atom. The molecule has 0 spiro atoms. The van der Waals surface area contributed by atoms with Gasteiger partial charge in [-0.1, -0.05) is 0 Å². The largest absolute Gasteiger partial charge is 0.497 e. The Labute approximate surface area is 114 Å². The summed E-state index contributed by atoms with van der Waals surface area (Å²) in [5.41, 5.74) is 4.75. The van der Waals surface area contributed by atoms with E-state index in [1.165, 1.54) is 43.5 Å². The molecule has 2 atom stereocenters. The highest BCUT2D eigenvalue weighted by molar-refractivity contribution is 5.86. The minimum Gasteiger partial charge on any atom is -0.497 e. The molecule has 3 heteroatoms. The Kier molecular flexibility index (Phi) is 2.86. The molecule has 1 fully saturated rings. The van der Waals surface area contributed by atoms with E-state index in [2.05, 4.69) is 10.3 Å². The maximum absolute atomic E-state index is 5.71. The molecule has 0 aromatic rings. The fraction of sp³-hybridized carbons (Fsp3) is 0.688. The van der Waals surface area contributed by atoms with Crippen LogP contribution in [0.5, 0.6) is 0 Å². The summed E-state index contributed by atoms with van der Waals surface area (Å²) in [4.78, 5) is 4.65. The fourth-order valence-electron chi connectivity index (χ4n) is 4.21. The average molecular weight is 258 g/mol. The molecule has 0 amide bonds. The topological polar surface area (TPSA) is 33.6 Å². The molecule has 2 unspecified atom stereocenters. The summed E-state index contributed by atoms with van der Waals surface area (Å²) in [6.07, 6.45) is 9.78. The van der Waals surface area contributed by atoms with E-state index in [0.717, 1.165) is 32.0 Å². The van der Waals surface area contributed by atoms with Crippen LogP contribution in [0.1, 0.15) is 38.5 Å². The monoisotopic (exact) mass is 258 g/mol. The number of nitrogens with zero attached hydrogens (tertiary/aromatic N) is 1. The molecule has 2 heterocycles. The minimum absolute atomic E-state index is 0.592. The smallest absolute Gasteiger partial charge is 0.109 e. The van der Waals surface area contributed by atoms with Crippen LogP contribution in [0, 0.1) is 11.8 Å². The van der Waals surface area contributed by atoms with Crippen LogP contribution >= 0.6 is 0 Å². The van der Waals surface area contributed by atoms with Gasteiger partial charge in [-0.25, -0.2) is 0 Å². The van der Waals surface area contributed by atoms with Gasteiger partial charge < -0.3 is 10.1 Å². The molecule has 4 rings (SSSR count). The number of aliphatic imine (C=N–C) groups is 1. The van der Waals surface area contributed by atoms with Crippen molar-refractivity contribution in [2.45, 2.75) is 38.5 Å². The molecule has 2 aliphatic heterocycles. The van der Waals surface area contributed by atoms with Gasteiger partial charge in [0.1, 0.15) is 6.61 Å². The summed E-state index contributed by atoms with van der Waals surface area (Å²) < 4.78 is 5.71. The number of nitrogens with one attached hydrogen (secondary N) is 1. The van der Waals surface area contributed by atoms with Crippen LogP contribution in [0.4, 0.5) is 0 Å². The van der Waals surface area contributed by atoms with Crippen molar-refractivity contribution in [2.24, 2.45) is 16.8 Å². The molecule has 102 valence electrons. The van der Waals surface area contributed by atoms with E-state index in [9.17, 15) is 0 Å². The van der Waals surface area contributed by atoms with Crippen molar-refractivity contribution >= 4 is 5.84 Å². The van der Waals surface area contributed by atoms with Crippen molar-refractivity contribution in [2.75, 3.05) is 19.7 Å². The molecule has 19 heavy (non-hydrogen) atoms. The van der Waals surface area contributed by atoms with Crippen molar-refractivity contribution in [3.8, 4) is 0 Å². The van der Waals surface area contributed by atoms with Gasteiger partial charge in [-0.3, -0.25) is 4.99 Å². The molecule has 3 nitrogen and oxygen atoms in total. The number of rotatable bonds is 1. The Balaban J connectivity index is 1.66. The molecule has 0 saturated heterocycles. The predicted octanol–water partition coefficient (Wildman–Crippen LogP) is 2.80. The van der Waals surface area contributed by atoms with Crippen LogP contribution in [0.3, 0.4) is 0 Å². The fourth-order valence-corrected chi connectivity index (χ4v) is 4.21. The van der Waals surface area contributed by atoms with Gasteiger partial charge in [-0.15, -0.1) is 0 Å². The van der Waals surface area contributed by atoms with E-state index in [4.69, 9.17) is 4.74 Å². The van der Waals surface area contributed by atoms with E-state index in [-0.39, 0.29) is 0 Å². The highest BCUT2D eigenvalue weighted by atomic mass is 16.5. The Bertz CT molecular complexity index is 475. The Morgan fingerprint density at radius 3 is 3.05 bits per heavy atom. The van der Waals surface area contributed by atoms with Gasteiger partial charge in [-0.2, -0.15) is 0 Å². The highest BCUT2D eigenvalue weighted by Gasteiger charge is 2.34. The molecular formula is C16H22N2O. The van der Waals surface area contributed by atoms with Crippen LogP contribution in [0.25, 0.3) is 0 Å². The summed E-state index contributed by atoms with van der Waals surface area (Å²) in [7, 11) is 0. The van der Waals surface area contributed by atoms with Gasteiger partial charge in [-0.05, 0) is 61.2 Å². The van der Waals surface area contributed by atoms with Gasteiger partial charge in [0.05, 0.1) is 18.6 Å². The summed E-state index contributed by atoms with van der Waals surface area (Å²) in [5.74, 6) is 2.65.